The molecule has 1 heterocycles. The summed E-state index contributed by atoms with van der Waals surface area (Å²) in [4.78, 5) is 1.22. The lowest BCUT2D eigenvalue weighted by atomic mass is 10.0. The summed E-state index contributed by atoms with van der Waals surface area (Å²) < 4.78 is 1.08. The molecule has 0 saturated heterocycles. The Balaban J connectivity index is 2.44. The van der Waals surface area contributed by atoms with E-state index in [1.165, 1.54) is 16.0 Å². The van der Waals surface area contributed by atoms with E-state index >= 15 is 0 Å². The zero-order valence-electron chi connectivity index (χ0n) is 8.91. The van der Waals surface area contributed by atoms with Crippen LogP contribution in [0.4, 0.5) is 0 Å². The third-order valence-electron chi connectivity index (χ3n) is 2.46. The van der Waals surface area contributed by atoms with Crippen LogP contribution < -0.4 is 11.3 Å². The Kier molecular flexibility index (Phi) is 3.76. The Hall–Kier alpha value is -0.680. The van der Waals surface area contributed by atoms with Crippen LogP contribution in [0.15, 0.2) is 40.2 Å². The first-order valence-corrected chi connectivity index (χ1v) is 6.65. The van der Waals surface area contributed by atoms with Gasteiger partial charge in [0, 0.05) is 9.35 Å². The maximum absolute atomic E-state index is 5.65. The molecular formula is C12H13BrN2S. The van der Waals surface area contributed by atoms with E-state index in [0.29, 0.717) is 0 Å². The normalized spacial score (nSPS) is 12.7. The van der Waals surface area contributed by atoms with Crippen molar-refractivity contribution in [3.8, 4) is 0 Å². The van der Waals surface area contributed by atoms with E-state index in [1.807, 2.05) is 6.07 Å². The van der Waals surface area contributed by atoms with Gasteiger partial charge in [-0.05, 0) is 30.0 Å². The number of nitrogens with one attached hydrogen (secondary N) is 1. The van der Waals surface area contributed by atoms with Crippen LogP contribution in [-0.4, -0.2) is 0 Å². The molecule has 2 aromatic rings. The van der Waals surface area contributed by atoms with Gasteiger partial charge in [-0.1, -0.05) is 39.7 Å². The van der Waals surface area contributed by atoms with Crippen LogP contribution in [0.3, 0.4) is 0 Å². The molecule has 0 saturated carbocycles. The molecule has 1 aromatic carbocycles. The van der Waals surface area contributed by atoms with Crippen molar-refractivity contribution in [2.24, 2.45) is 5.84 Å². The zero-order chi connectivity index (χ0) is 11.5. The van der Waals surface area contributed by atoms with E-state index < -0.39 is 0 Å². The number of hydrogen-bond acceptors (Lipinski definition) is 3. The van der Waals surface area contributed by atoms with Crippen LogP contribution in [-0.2, 0) is 0 Å². The van der Waals surface area contributed by atoms with Gasteiger partial charge in [-0.25, -0.2) is 5.43 Å². The highest BCUT2D eigenvalue weighted by Gasteiger charge is 2.16. The fourth-order valence-corrected chi connectivity index (χ4v) is 2.94. The van der Waals surface area contributed by atoms with Crippen molar-refractivity contribution in [1.82, 2.24) is 5.43 Å². The molecule has 3 N–H and O–H groups in total. The maximum Gasteiger partial charge on any atom is 0.0813 e. The van der Waals surface area contributed by atoms with Gasteiger partial charge in [0.2, 0.25) is 0 Å². The molecule has 0 amide bonds. The van der Waals surface area contributed by atoms with E-state index in [4.69, 9.17) is 5.84 Å². The quantitative estimate of drug-likeness (QED) is 0.673. The third-order valence-corrected chi connectivity index (χ3v) is 4.12. The van der Waals surface area contributed by atoms with Crippen LogP contribution in [0.1, 0.15) is 22.0 Å². The summed E-state index contributed by atoms with van der Waals surface area (Å²) >= 11 is 5.27. The van der Waals surface area contributed by atoms with Gasteiger partial charge in [-0.2, -0.15) is 0 Å². The number of thiophene rings is 1. The monoisotopic (exact) mass is 296 g/mol. The second kappa shape index (κ2) is 5.10. The van der Waals surface area contributed by atoms with Crippen LogP contribution in [0.2, 0.25) is 0 Å². The van der Waals surface area contributed by atoms with E-state index in [9.17, 15) is 0 Å². The maximum atomic E-state index is 5.65. The van der Waals surface area contributed by atoms with E-state index in [1.54, 1.807) is 11.3 Å². The molecule has 1 unspecified atom stereocenters. The number of halogens is 1. The lowest BCUT2D eigenvalue weighted by molar-refractivity contribution is 0.644. The SMILES string of the molecule is Cc1ccc(Br)c(C(NN)c2cccs2)c1. The number of benzene rings is 1. The van der Waals surface area contributed by atoms with Crippen LogP contribution in [0.5, 0.6) is 0 Å². The number of rotatable bonds is 3. The highest BCUT2D eigenvalue weighted by atomic mass is 79.9. The standard InChI is InChI=1S/C12H13BrN2S/c1-8-4-5-10(13)9(7-8)12(15-14)11-3-2-6-16-11/h2-7,12,15H,14H2,1H3. The predicted molar refractivity (Wildman–Crippen MR) is 72.4 cm³/mol. The van der Waals surface area contributed by atoms with E-state index in [2.05, 4.69) is 57.9 Å². The molecular weight excluding hydrogens is 284 g/mol. The van der Waals surface area contributed by atoms with Crippen molar-refractivity contribution in [2.45, 2.75) is 13.0 Å². The zero-order valence-corrected chi connectivity index (χ0v) is 11.3. The molecule has 0 radical (unpaired) electrons. The van der Waals surface area contributed by atoms with Gasteiger partial charge in [0.1, 0.15) is 0 Å². The van der Waals surface area contributed by atoms with Crippen molar-refractivity contribution in [1.29, 1.82) is 0 Å². The van der Waals surface area contributed by atoms with Gasteiger partial charge in [0.05, 0.1) is 6.04 Å². The Morgan fingerprint density at radius 2 is 2.19 bits per heavy atom. The van der Waals surface area contributed by atoms with Gasteiger partial charge in [0.15, 0.2) is 0 Å². The van der Waals surface area contributed by atoms with Crippen molar-refractivity contribution < 1.29 is 0 Å². The summed E-state index contributed by atoms with van der Waals surface area (Å²) in [5, 5.41) is 2.06. The largest absolute Gasteiger partial charge is 0.271 e. The average molecular weight is 297 g/mol. The topological polar surface area (TPSA) is 38.0 Å². The summed E-state index contributed by atoms with van der Waals surface area (Å²) in [6.45, 7) is 2.08. The summed E-state index contributed by atoms with van der Waals surface area (Å²) in [6, 6.07) is 10.5. The Labute approximate surface area is 108 Å². The van der Waals surface area contributed by atoms with E-state index in [0.717, 1.165) is 4.47 Å². The van der Waals surface area contributed by atoms with Crippen LogP contribution in [0, 0.1) is 6.92 Å². The summed E-state index contributed by atoms with van der Waals surface area (Å²) in [5.74, 6) is 5.65. The second-order valence-electron chi connectivity index (χ2n) is 3.64. The van der Waals surface area contributed by atoms with Crippen molar-refractivity contribution in [3.05, 3.63) is 56.2 Å². The molecule has 4 heteroatoms. The molecule has 0 bridgehead atoms. The van der Waals surface area contributed by atoms with Crippen molar-refractivity contribution in [2.75, 3.05) is 0 Å². The fraction of sp³-hybridized carbons (Fsp3) is 0.167. The fourth-order valence-electron chi connectivity index (χ4n) is 1.67. The smallest absolute Gasteiger partial charge is 0.0813 e. The minimum Gasteiger partial charge on any atom is -0.271 e. The molecule has 0 spiro atoms. The Morgan fingerprint density at radius 1 is 1.38 bits per heavy atom. The molecule has 0 aliphatic heterocycles. The Bertz CT molecular complexity index is 468. The first-order valence-electron chi connectivity index (χ1n) is 4.98. The lowest BCUT2D eigenvalue weighted by Crippen LogP contribution is -2.28. The lowest BCUT2D eigenvalue weighted by Gasteiger charge is -2.17. The van der Waals surface area contributed by atoms with Gasteiger partial charge < -0.3 is 0 Å². The van der Waals surface area contributed by atoms with Gasteiger partial charge >= 0.3 is 0 Å². The number of hydrazine groups is 1. The van der Waals surface area contributed by atoms with Gasteiger partial charge in [-0.15, -0.1) is 11.3 Å². The average Bonchev–Trinajstić information content (AvgIpc) is 2.78. The number of hydrogen-bond donors (Lipinski definition) is 2. The summed E-state index contributed by atoms with van der Waals surface area (Å²) in [7, 11) is 0. The third kappa shape index (κ3) is 2.35. The van der Waals surface area contributed by atoms with E-state index in [-0.39, 0.29) is 6.04 Å². The van der Waals surface area contributed by atoms with Crippen LogP contribution >= 0.6 is 27.3 Å². The summed E-state index contributed by atoms with van der Waals surface area (Å²) in [5.41, 5.74) is 5.27. The number of aryl methyl sites for hydroxylation is 1. The highest BCUT2D eigenvalue weighted by molar-refractivity contribution is 9.10. The Morgan fingerprint density at radius 3 is 2.81 bits per heavy atom. The molecule has 0 aliphatic rings. The van der Waals surface area contributed by atoms with Crippen molar-refractivity contribution >= 4 is 27.3 Å². The molecule has 0 aliphatic carbocycles. The first-order chi connectivity index (χ1) is 7.72. The number of nitrogens with two attached hydrogens (primary N) is 1. The minimum absolute atomic E-state index is 0.0503. The predicted octanol–water partition coefficient (Wildman–Crippen LogP) is 3.37. The minimum atomic E-state index is 0.0503. The second-order valence-corrected chi connectivity index (χ2v) is 5.47. The molecule has 2 rings (SSSR count). The van der Waals surface area contributed by atoms with Crippen molar-refractivity contribution in [3.63, 3.8) is 0 Å². The van der Waals surface area contributed by atoms with Gasteiger partial charge in [0.25, 0.3) is 0 Å². The summed E-state index contributed by atoms with van der Waals surface area (Å²) in [6.07, 6.45) is 0. The molecule has 84 valence electrons. The van der Waals surface area contributed by atoms with Crippen LogP contribution in [0.25, 0.3) is 0 Å². The molecule has 1 atom stereocenters. The molecule has 0 fully saturated rings. The highest BCUT2D eigenvalue weighted by Crippen LogP contribution is 2.31. The first kappa shape index (κ1) is 11.8. The van der Waals surface area contributed by atoms with Gasteiger partial charge in [-0.3, -0.25) is 5.84 Å². The molecule has 1 aromatic heterocycles. The molecule has 2 nitrogen and oxygen atoms in total. The molecule has 16 heavy (non-hydrogen) atoms.